The number of thioether (sulfide) groups is 1. The molecule has 160 valence electrons. The quantitative estimate of drug-likeness (QED) is 0.657. The zero-order valence-corrected chi connectivity index (χ0v) is 18.1. The van der Waals surface area contributed by atoms with Gasteiger partial charge in [0.05, 0.1) is 0 Å². The van der Waals surface area contributed by atoms with Crippen LogP contribution in [0.5, 0.6) is 0 Å². The minimum Gasteiger partial charge on any atom is -0.480 e. The molecule has 2 atom stereocenters. The predicted octanol–water partition coefficient (Wildman–Crippen LogP) is 4.08. The lowest BCUT2D eigenvalue weighted by atomic mass is 10.1. The van der Waals surface area contributed by atoms with E-state index in [0.717, 1.165) is 22.9 Å². The van der Waals surface area contributed by atoms with Crippen molar-refractivity contribution in [3.63, 3.8) is 0 Å². The number of hydrogen-bond donors (Lipinski definition) is 2. The molecule has 6 nitrogen and oxygen atoms in total. The zero-order chi connectivity index (χ0) is 22.1. The average Bonchev–Trinajstić information content (AvgIpc) is 2.67. The summed E-state index contributed by atoms with van der Waals surface area (Å²) in [5, 5.41) is 10.8. The monoisotopic (exact) mass is 429 g/mol. The van der Waals surface area contributed by atoms with Crippen LogP contribution in [0, 0.1) is 0 Å². The van der Waals surface area contributed by atoms with Gasteiger partial charge >= 0.3 is 12.1 Å². The summed E-state index contributed by atoms with van der Waals surface area (Å²) in [6, 6.07) is 17.5. The fourth-order valence-electron chi connectivity index (χ4n) is 2.72. The summed E-state index contributed by atoms with van der Waals surface area (Å²) < 4.78 is 5.28. The van der Waals surface area contributed by atoms with Gasteiger partial charge < -0.3 is 15.2 Å². The van der Waals surface area contributed by atoms with E-state index < -0.39 is 34.1 Å². The van der Waals surface area contributed by atoms with Gasteiger partial charge in [-0.25, -0.2) is 4.79 Å². The van der Waals surface area contributed by atoms with Crippen LogP contribution in [0.4, 0.5) is 4.79 Å². The fourth-order valence-corrected chi connectivity index (χ4v) is 3.69. The number of ether oxygens (including phenoxy) is 1. The molecule has 0 saturated carbocycles. The number of alkyl carbamates (subject to hydrolysis) is 1. The minimum atomic E-state index is -1.08. The van der Waals surface area contributed by atoms with E-state index in [1.165, 1.54) is 0 Å². The van der Waals surface area contributed by atoms with Crippen LogP contribution in [0.25, 0.3) is 0 Å². The number of nitrogens with one attached hydrogen (secondary N) is 1. The Labute approximate surface area is 181 Å². The van der Waals surface area contributed by atoms with Gasteiger partial charge in [-0.1, -0.05) is 72.4 Å². The van der Waals surface area contributed by atoms with Gasteiger partial charge in [0, 0.05) is 6.42 Å². The minimum absolute atomic E-state index is 0.205. The second-order valence-electron chi connectivity index (χ2n) is 7.84. The van der Waals surface area contributed by atoms with E-state index in [9.17, 15) is 19.5 Å². The van der Waals surface area contributed by atoms with E-state index >= 15 is 0 Å². The largest absolute Gasteiger partial charge is 0.480 e. The predicted molar refractivity (Wildman–Crippen MR) is 117 cm³/mol. The first-order valence-electron chi connectivity index (χ1n) is 9.65. The first-order valence-corrected chi connectivity index (χ1v) is 10.5. The smallest absolute Gasteiger partial charge is 0.408 e. The lowest BCUT2D eigenvalue weighted by Gasteiger charge is -2.23. The topological polar surface area (TPSA) is 92.7 Å². The van der Waals surface area contributed by atoms with Crippen molar-refractivity contribution in [1.29, 1.82) is 0 Å². The second-order valence-corrected chi connectivity index (χ2v) is 9.05. The van der Waals surface area contributed by atoms with Crippen LogP contribution in [0.1, 0.15) is 31.9 Å². The Morgan fingerprint density at radius 3 is 1.90 bits per heavy atom. The first kappa shape index (κ1) is 23.5. The zero-order valence-electron chi connectivity index (χ0n) is 17.3. The van der Waals surface area contributed by atoms with Crippen molar-refractivity contribution in [3.8, 4) is 0 Å². The molecule has 2 N–H and O–H groups in total. The van der Waals surface area contributed by atoms with Gasteiger partial charge in [0.25, 0.3) is 0 Å². The van der Waals surface area contributed by atoms with Gasteiger partial charge in [0.15, 0.2) is 0 Å². The molecule has 0 aliphatic carbocycles. The molecule has 0 aromatic heterocycles. The van der Waals surface area contributed by atoms with Gasteiger partial charge in [-0.2, -0.15) is 0 Å². The Kier molecular flexibility index (Phi) is 8.47. The Hall–Kier alpha value is -2.80. The molecule has 7 heteroatoms. The van der Waals surface area contributed by atoms with Crippen LogP contribution in [0.2, 0.25) is 0 Å². The standard InChI is InChI=1S/C23H27NO5S/c1-23(2,3)29-22(28)24-18(14-16-10-6-4-7-11-16)21(27)30-19(20(25)26)15-17-12-8-5-9-13-17/h4-13,18-19H,14-15H2,1-3H3,(H,24,28)(H,25,26)/t18-,19+/m0/s1. The average molecular weight is 430 g/mol. The normalized spacial score (nSPS) is 13.2. The van der Waals surface area contributed by atoms with Gasteiger partial charge in [-0.15, -0.1) is 0 Å². The summed E-state index contributed by atoms with van der Waals surface area (Å²) in [4.78, 5) is 37.0. The third kappa shape index (κ3) is 8.29. The van der Waals surface area contributed by atoms with Crippen molar-refractivity contribution < 1.29 is 24.2 Å². The molecule has 0 aliphatic rings. The lowest BCUT2D eigenvalue weighted by Crippen LogP contribution is -2.44. The molecule has 0 spiro atoms. The summed E-state index contributed by atoms with van der Waals surface area (Å²) in [5.41, 5.74) is 0.960. The van der Waals surface area contributed by atoms with Crippen LogP contribution in [0.15, 0.2) is 60.7 Å². The molecule has 0 heterocycles. The number of carboxylic acids is 1. The molecule has 30 heavy (non-hydrogen) atoms. The number of amides is 1. The highest BCUT2D eigenvalue weighted by atomic mass is 32.2. The summed E-state index contributed by atoms with van der Waals surface area (Å²) in [7, 11) is 0. The molecule has 0 fully saturated rings. The van der Waals surface area contributed by atoms with Crippen molar-refractivity contribution in [2.24, 2.45) is 0 Å². The molecule has 2 aromatic rings. The van der Waals surface area contributed by atoms with Crippen molar-refractivity contribution in [2.75, 3.05) is 0 Å². The molecular weight excluding hydrogens is 402 g/mol. The van der Waals surface area contributed by atoms with Gasteiger partial charge in [-0.05, 0) is 38.3 Å². The van der Waals surface area contributed by atoms with E-state index in [1.54, 1.807) is 20.8 Å². The Morgan fingerprint density at radius 2 is 1.43 bits per heavy atom. The first-order chi connectivity index (χ1) is 14.1. The van der Waals surface area contributed by atoms with Crippen LogP contribution in [-0.4, -0.2) is 39.2 Å². The van der Waals surface area contributed by atoms with Crippen molar-refractivity contribution in [3.05, 3.63) is 71.8 Å². The lowest BCUT2D eigenvalue weighted by molar-refractivity contribution is -0.136. The maximum atomic E-state index is 13.0. The van der Waals surface area contributed by atoms with Gasteiger partial charge in [0.2, 0.25) is 5.12 Å². The summed E-state index contributed by atoms with van der Waals surface area (Å²) in [6.45, 7) is 5.20. The summed E-state index contributed by atoms with van der Waals surface area (Å²) in [6.07, 6.45) is -0.270. The van der Waals surface area contributed by atoms with Crippen molar-refractivity contribution in [2.45, 2.75) is 50.5 Å². The second kappa shape index (κ2) is 10.8. The highest BCUT2D eigenvalue weighted by Gasteiger charge is 2.30. The molecule has 2 aromatic carbocycles. The van der Waals surface area contributed by atoms with E-state index in [0.29, 0.717) is 0 Å². The van der Waals surface area contributed by atoms with Gasteiger partial charge in [-0.3, -0.25) is 9.59 Å². The molecule has 1 amide bonds. The SMILES string of the molecule is CC(C)(C)OC(=O)N[C@@H](Cc1ccccc1)C(=O)S[C@H](Cc1ccccc1)C(=O)O. The number of benzene rings is 2. The van der Waals surface area contributed by atoms with Crippen LogP contribution in [0.3, 0.4) is 0 Å². The molecule has 0 radical (unpaired) electrons. The van der Waals surface area contributed by atoms with Crippen molar-refractivity contribution in [1.82, 2.24) is 5.32 Å². The van der Waals surface area contributed by atoms with E-state index in [4.69, 9.17) is 4.74 Å². The highest BCUT2D eigenvalue weighted by molar-refractivity contribution is 8.14. The fraction of sp³-hybridized carbons (Fsp3) is 0.348. The van der Waals surface area contributed by atoms with Crippen LogP contribution >= 0.6 is 11.8 Å². The molecule has 0 saturated heterocycles. The third-order valence-electron chi connectivity index (χ3n) is 4.06. The van der Waals surface area contributed by atoms with Crippen LogP contribution < -0.4 is 5.32 Å². The molecule has 0 unspecified atom stereocenters. The number of carbonyl (C=O) groups excluding carboxylic acids is 2. The summed E-state index contributed by atoms with van der Waals surface area (Å²) in [5.74, 6) is -1.08. The maximum absolute atomic E-state index is 13.0. The molecular formula is C23H27NO5S. The van der Waals surface area contributed by atoms with Gasteiger partial charge in [0.1, 0.15) is 16.9 Å². The number of hydrogen-bond acceptors (Lipinski definition) is 5. The number of carbonyl (C=O) groups is 3. The van der Waals surface area contributed by atoms with Crippen molar-refractivity contribution >= 4 is 28.9 Å². The summed E-state index contributed by atoms with van der Waals surface area (Å²) >= 11 is 0.726. The molecule has 2 rings (SSSR count). The number of aliphatic carboxylic acids is 1. The number of carboxylic acid groups (broad SMARTS) is 1. The Bertz CT molecular complexity index is 849. The third-order valence-corrected chi connectivity index (χ3v) is 5.23. The van der Waals surface area contributed by atoms with Crippen LogP contribution in [-0.2, 0) is 27.2 Å². The molecule has 0 aliphatic heterocycles. The molecule has 0 bridgehead atoms. The maximum Gasteiger partial charge on any atom is 0.408 e. The number of rotatable bonds is 8. The Morgan fingerprint density at radius 1 is 0.933 bits per heavy atom. The highest BCUT2D eigenvalue weighted by Crippen LogP contribution is 2.21. The van der Waals surface area contributed by atoms with E-state index in [-0.39, 0.29) is 12.8 Å². The Balaban J connectivity index is 2.14. The van der Waals surface area contributed by atoms with E-state index in [2.05, 4.69) is 5.32 Å². The van der Waals surface area contributed by atoms with E-state index in [1.807, 2.05) is 60.7 Å².